The molecule has 6 atom stereocenters. The summed E-state index contributed by atoms with van der Waals surface area (Å²) in [6, 6.07) is 2.60. The fourth-order valence-electron chi connectivity index (χ4n) is 5.69. The minimum absolute atomic E-state index is 0.0134. The van der Waals surface area contributed by atoms with E-state index in [2.05, 4.69) is 0 Å². The van der Waals surface area contributed by atoms with Crippen molar-refractivity contribution in [1.29, 1.82) is 0 Å². The normalized spacial score (nSPS) is 36.0. The molecule has 0 bridgehead atoms. The van der Waals surface area contributed by atoms with Gasteiger partial charge in [-0.25, -0.2) is 0 Å². The van der Waals surface area contributed by atoms with Crippen molar-refractivity contribution >= 4 is 23.2 Å². The Balaban J connectivity index is 2.11. The van der Waals surface area contributed by atoms with Crippen LogP contribution in [0.25, 0.3) is 5.76 Å². The number of phenolic OH excluding ortho intramolecular Hbond substituents is 1. The second-order valence-corrected chi connectivity index (χ2v) is 9.21. The van der Waals surface area contributed by atoms with E-state index in [1.165, 1.54) is 39.2 Å². The number of quaternary nitrogens is 1. The lowest BCUT2D eigenvalue weighted by atomic mass is 9.53. The van der Waals surface area contributed by atoms with Gasteiger partial charge < -0.3 is 41.3 Å². The highest BCUT2D eigenvalue weighted by Crippen LogP contribution is 2.56. The number of aliphatic hydroxyl groups excluding tert-OH is 3. The van der Waals surface area contributed by atoms with Gasteiger partial charge in [-0.05, 0) is 18.6 Å². The van der Waals surface area contributed by atoms with Crippen LogP contribution in [0.1, 0.15) is 18.1 Å². The van der Waals surface area contributed by atoms with Crippen molar-refractivity contribution in [3.8, 4) is 5.75 Å². The smallest absolute Gasteiger partial charge is 0.256 e. The van der Waals surface area contributed by atoms with Gasteiger partial charge in [-0.2, -0.15) is 0 Å². The molecule has 4 rings (SSSR count). The van der Waals surface area contributed by atoms with Crippen LogP contribution >= 0.6 is 0 Å². The monoisotopic (exact) mass is 461 g/mol. The van der Waals surface area contributed by atoms with Crippen molar-refractivity contribution in [2.24, 2.45) is 17.6 Å². The summed E-state index contributed by atoms with van der Waals surface area (Å²) in [7, 11) is 2.96. The van der Waals surface area contributed by atoms with E-state index in [1.54, 1.807) is 0 Å². The van der Waals surface area contributed by atoms with Crippen molar-refractivity contribution in [1.82, 2.24) is 0 Å². The molecule has 0 radical (unpaired) electrons. The molecule has 0 heterocycles. The van der Waals surface area contributed by atoms with E-state index in [4.69, 9.17) is 5.73 Å². The van der Waals surface area contributed by atoms with Gasteiger partial charge in [-0.1, -0.05) is 12.1 Å². The Hall–Kier alpha value is -3.25. The molecule has 9 N–H and O–H groups in total. The number of carbonyl (C=O) groups is 3. The van der Waals surface area contributed by atoms with Gasteiger partial charge in [0.25, 0.3) is 5.91 Å². The molecule has 1 aromatic rings. The summed E-state index contributed by atoms with van der Waals surface area (Å²) in [5.74, 6) is -9.53. The van der Waals surface area contributed by atoms with Gasteiger partial charge in [0.05, 0.1) is 48.8 Å². The third-order valence-electron chi connectivity index (χ3n) is 7.13. The first-order chi connectivity index (χ1) is 15.2. The van der Waals surface area contributed by atoms with E-state index in [0.29, 0.717) is 4.90 Å². The minimum Gasteiger partial charge on any atom is -0.508 e. The molecule has 0 aromatic heterocycles. The fraction of sp³-hybridized carbons (Fsp3) is 0.409. The van der Waals surface area contributed by atoms with Gasteiger partial charge in [0, 0.05) is 0 Å². The SMILES string of the molecule is C[NH+](C)C1C(=O)C(C(N)=O)=C(O)C2(O)C(=O)C3=C(O)c4c(O)cccc4C(C)(O)C3C(O)C12. The van der Waals surface area contributed by atoms with Gasteiger partial charge in [0.1, 0.15) is 22.8 Å². The predicted molar refractivity (Wildman–Crippen MR) is 111 cm³/mol. The maximum atomic E-state index is 13.7. The van der Waals surface area contributed by atoms with Crippen LogP contribution in [-0.2, 0) is 20.0 Å². The number of aliphatic hydroxyl groups is 5. The summed E-state index contributed by atoms with van der Waals surface area (Å²) < 4.78 is 0. The number of Topliss-reactive ketones (excluding diaryl/α,β-unsaturated/α-hetero) is 2. The van der Waals surface area contributed by atoms with E-state index < -0.39 is 81.1 Å². The van der Waals surface area contributed by atoms with E-state index in [9.17, 15) is 45.0 Å². The number of carbonyl (C=O) groups excluding carboxylic acids is 3. The van der Waals surface area contributed by atoms with Gasteiger partial charge in [0.15, 0.2) is 11.6 Å². The number of fused-ring (bicyclic) bond motifs is 3. The fourth-order valence-corrected chi connectivity index (χ4v) is 5.69. The van der Waals surface area contributed by atoms with Crippen LogP contribution in [0.5, 0.6) is 5.75 Å². The standard InChI is InChI=1S/C22H24N2O9/c1-21(32)7-5-4-6-8(25)9(7)15(26)10-12(21)17(28)13-14(24(2)3)16(27)11(20(23)31)19(30)22(13,33)18(10)29/h4-6,12-14,17,25-26,28,30,32-33H,1-3H3,(H2,23,31)/p+1. The Morgan fingerprint density at radius 2 is 1.73 bits per heavy atom. The first-order valence-corrected chi connectivity index (χ1v) is 10.2. The molecular weight excluding hydrogens is 436 g/mol. The van der Waals surface area contributed by atoms with Crippen molar-refractivity contribution in [2.75, 3.05) is 14.1 Å². The minimum atomic E-state index is -3.00. The lowest BCUT2D eigenvalue weighted by Crippen LogP contribution is -3.13. The zero-order chi connectivity index (χ0) is 24.8. The number of benzene rings is 1. The highest BCUT2D eigenvalue weighted by Gasteiger charge is 2.71. The van der Waals surface area contributed by atoms with Crippen LogP contribution in [0.4, 0.5) is 0 Å². The number of rotatable bonds is 2. The molecule has 1 fully saturated rings. The Labute approximate surface area is 187 Å². The van der Waals surface area contributed by atoms with Crippen molar-refractivity contribution in [2.45, 2.75) is 30.3 Å². The molecule has 1 aromatic carbocycles. The number of hydrogen-bond acceptors (Lipinski definition) is 9. The molecule has 0 saturated heterocycles. The quantitative estimate of drug-likeness (QED) is 0.214. The Morgan fingerprint density at radius 3 is 2.27 bits per heavy atom. The van der Waals surface area contributed by atoms with E-state index in [-0.39, 0.29) is 11.1 Å². The summed E-state index contributed by atoms with van der Waals surface area (Å²) in [4.78, 5) is 39.0. The number of ketones is 2. The van der Waals surface area contributed by atoms with Gasteiger partial charge >= 0.3 is 0 Å². The summed E-state index contributed by atoms with van der Waals surface area (Å²) in [6.45, 7) is 1.26. The zero-order valence-corrected chi connectivity index (χ0v) is 18.0. The van der Waals surface area contributed by atoms with Gasteiger partial charge in [0.2, 0.25) is 11.6 Å². The van der Waals surface area contributed by atoms with E-state index in [0.717, 1.165) is 0 Å². The van der Waals surface area contributed by atoms with Crippen LogP contribution in [0, 0.1) is 11.8 Å². The number of nitrogens with two attached hydrogens (primary N) is 1. The van der Waals surface area contributed by atoms with Crippen LogP contribution in [-0.4, -0.2) is 80.0 Å². The maximum absolute atomic E-state index is 13.7. The largest absolute Gasteiger partial charge is 0.508 e. The van der Waals surface area contributed by atoms with Gasteiger partial charge in [-0.3, -0.25) is 14.4 Å². The van der Waals surface area contributed by atoms with Crippen molar-refractivity contribution in [3.05, 3.63) is 46.2 Å². The Bertz CT molecular complexity index is 1180. The average Bonchev–Trinajstić information content (AvgIpc) is 2.70. The summed E-state index contributed by atoms with van der Waals surface area (Å²) in [5.41, 5.74) is -1.69. The summed E-state index contributed by atoms with van der Waals surface area (Å²) in [6.07, 6.45) is -1.85. The molecule has 3 aliphatic carbocycles. The molecule has 1 amide bonds. The Kier molecular flexibility index (Phi) is 4.78. The molecule has 3 aliphatic rings. The number of nitrogens with one attached hydrogen (secondary N) is 1. The molecule has 6 unspecified atom stereocenters. The van der Waals surface area contributed by atoms with Gasteiger partial charge in [-0.15, -0.1) is 0 Å². The number of likely N-dealkylation sites (N-methyl/N-ethyl adjacent to an activating group) is 1. The van der Waals surface area contributed by atoms with Crippen LogP contribution < -0.4 is 10.6 Å². The van der Waals surface area contributed by atoms with Crippen molar-refractivity contribution < 1.29 is 49.9 Å². The van der Waals surface area contributed by atoms with E-state index >= 15 is 0 Å². The maximum Gasteiger partial charge on any atom is 0.256 e. The molecule has 33 heavy (non-hydrogen) atoms. The molecule has 1 saturated carbocycles. The lowest BCUT2D eigenvalue weighted by molar-refractivity contribution is -0.881. The molecule has 0 aliphatic heterocycles. The number of hydrogen-bond donors (Lipinski definition) is 8. The first-order valence-electron chi connectivity index (χ1n) is 10.2. The summed E-state index contributed by atoms with van der Waals surface area (Å²) >= 11 is 0. The number of aromatic hydroxyl groups is 1. The average molecular weight is 461 g/mol. The van der Waals surface area contributed by atoms with Crippen LogP contribution in [0.15, 0.2) is 35.1 Å². The molecule has 11 nitrogen and oxygen atoms in total. The third kappa shape index (κ3) is 2.61. The molecular formula is C22H25N2O9+. The Morgan fingerprint density at radius 1 is 1.12 bits per heavy atom. The molecule has 0 spiro atoms. The third-order valence-corrected chi connectivity index (χ3v) is 7.13. The highest BCUT2D eigenvalue weighted by atomic mass is 16.4. The van der Waals surface area contributed by atoms with E-state index in [1.807, 2.05) is 0 Å². The zero-order valence-electron chi connectivity index (χ0n) is 18.0. The van der Waals surface area contributed by atoms with Crippen LogP contribution in [0.2, 0.25) is 0 Å². The predicted octanol–water partition coefficient (Wildman–Crippen LogP) is -2.82. The highest BCUT2D eigenvalue weighted by molar-refractivity contribution is 6.24. The van der Waals surface area contributed by atoms with Crippen LogP contribution in [0.3, 0.4) is 0 Å². The first kappa shape index (κ1) is 22.9. The van der Waals surface area contributed by atoms with Crippen molar-refractivity contribution in [3.63, 3.8) is 0 Å². The summed E-state index contributed by atoms with van der Waals surface area (Å²) in [5, 5.41) is 66.4. The lowest BCUT2D eigenvalue weighted by Gasteiger charge is -2.54. The number of amides is 1. The topological polar surface area (TPSA) is 203 Å². The number of phenols is 1. The second-order valence-electron chi connectivity index (χ2n) is 9.21. The molecule has 11 heteroatoms. The second kappa shape index (κ2) is 6.87. The number of primary amides is 1. The molecule has 176 valence electrons.